The van der Waals surface area contributed by atoms with Crippen molar-refractivity contribution in [3.05, 3.63) is 12.2 Å². The second kappa shape index (κ2) is 8.22. The maximum atomic E-state index is 4.11. The molecule has 0 heterocycles. The van der Waals surface area contributed by atoms with Crippen molar-refractivity contribution in [2.45, 2.75) is 53.4 Å². The van der Waals surface area contributed by atoms with Crippen LogP contribution in [0.3, 0.4) is 0 Å². The Balaban J connectivity index is 4.32. The van der Waals surface area contributed by atoms with Crippen LogP contribution in [0.1, 0.15) is 53.4 Å². The molecular weight excluding hydrogens is 212 g/mol. The van der Waals surface area contributed by atoms with E-state index in [9.17, 15) is 0 Å². The normalized spacial score (nSPS) is 14.8. The number of rotatable bonds is 9. The monoisotopic (exact) mass is 244 g/mol. The van der Waals surface area contributed by atoms with Crippen LogP contribution in [0.15, 0.2) is 12.2 Å². The molecule has 0 spiro atoms. The van der Waals surface area contributed by atoms with E-state index in [1.165, 1.54) is 48.5 Å². The molecule has 0 aliphatic heterocycles. The molecule has 0 aliphatic rings. The van der Waals surface area contributed by atoms with Crippen LogP contribution in [0, 0.1) is 5.92 Å². The van der Waals surface area contributed by atoms with E-state index in [4.69, 9.17) is 0 Å². The topological polar surface area (TPSA) is 0 Å². The van der Waals surface area contributed by atoms with Gasteiger partial charge in [0.25, 0.3) is 0 Å². The van der Waals surface area contributed by atoms with Crippen molar-refractivity contribution in [2.75, 3.05) is 23.5 Å². The smallest absolute Gasteiger partial charge is 0.0161 e. The van der Waals surface area contributed by atoms with E-state index in [1.54, 1.807) is 0 Å². The highest BCUT2D eigenvalue weighted by atomic mass is 32.3. The molecule has 98 valence electrons. The summed E-state index contributed by atoms with van der Waals surface area (Å²) in [5.74, 6) is 5.07. The van der Waals surface area contributed by atoms with Crippen LogP contribution in [0.25, 0.3) is 0 Å². The van der Waals surface area contributed by atoms with Gasteiger partial charge in [0.15, 0.2) is 0 Å². The van der Waals surface area contributed by atoms with Crippen LogP contribution < -0.4 is 0 Å². The maximum Gasteiger partial charge on any atom is -0.0161 e. The molecule has 0 rings (SSSR count). The van der Waals surface area contributed by atoms with Crippen LogP contribution in [0.5, 0.6) is 0 Å². The van der Waals surface area contributed by atoms with Crippen molar-refractivity contribution in [1.82, 2.24) is 0 Å². The van der Waals surface area contributed by atoms with E-state index in [0.29, 0.717) is 5.92 Å². The Morgan fingerprint density at radius 3 is 1.88 bits per heavy atom. The maximum absolute atomic E-state index is 4.11. The molecule has 0 N–H and O–H groups in total. The van der Waals surface area contributed by atoms with E-state index in [0.717, 1.165) is 0 Å². The van der Waals surface area contributed by atoms with Gasteiger partial charge in [-0.2, -0.15) is 0 Å². The molecule has 0 saturated carbocycles. The average molecular weight is 244 g/mol. The van der Waals surface area contributed by atoms with Gasteiger partial charge in [0.2, 0.25) is 0 Å². The van der Waals surface area contributed by atoms with Gasteiger partial charge in [0.05, 0.1) is 0 Å². The molecule has 0 aromatic carbocycles. The van der Waals surface area contributed by atoms with Gasteiger partial charge in [0.1, 0.15) is 0 Å². The minimum absolute atomic E-state index is 0.368. The lowest BCUT2D eigenvalue weighted by molar-refractivity contribution is 0.772. The quantitative estimate of drug-likeness (QED) is 0.487. The molecule has 0 aliphatic carbocycles. The van der Waals surface area contributed by atoms with Crippen molar-refractivity contribution in [3.63, 3.8) is 0 Å². The number of allylic oxidation sites excluding steroid dienone is 1. The molecule has 1 unspecified atom stereocenters. The Kier molecular flexibility index (Phi) is 8.27. The molecule has 0 aromatic heterocycles. The second-order valence-electron chi connectivity index (χ2n) is 5.51. The van der Waals surface area contributed by atoms with E-state index in [-0.39, 0.29) is 10.0 Å². The van der Waals surface area contributed by atoms with Crippen molar-refractivity contribution >= 4 is 10.0 Å². The average Bonchev–Trinajstić information content (AvgIpc) is 2.23. The second-order valence-corrected chi connectivity index (χ2v) is 9.61. The summed E-state index contributed by atoms with van der Waals surface area (Å²) in [6.45, 7) is 13.3. The lowest BCUT2D eigenvalue weighted by atomic mass is 10.1. The summed E-state index contributed by atoms with van der Waals surface area (Å²) >= 11 is 0. The molecule has 0 bridgehead atoms. The molecule has 1 heteroatoms. The highest BCUT2D eigenvalue weighted by molar-refractivity contribution is 8.33. The lowest BCUT2D eigenvalue weighted by Gasteiger charge is -2.39. The predicted octanol–water partition coefficient (Wildman–Crippen LogP) is 5.23. The van der Waals surface area contributed by atoms with Crippen LogP contribution in [0.4, 0.5) is 0 Å². The fourth-order valence-electron chi connectivity index (χ4n) is 2.00. The zero-order chi connectivity index (χ0) is 12.6. The van der Waals surface area contributed by atoms with Gasteiger partial charge in [-0.1, -0.05) is 45.8 Å². The highest BCUT2D eigenvalue weighted by Crippen LogP contribution is 2.48. The van der Waals surface area contributed by atoms with Gasteiger partial charge < -0.3 is 0 Å². The van der Waals surface area contributed by atoms with Crippen LogP contribution >= 0.6 is 10.0 Å². The standard InChI is InChI=1S/C15H32S/c1-7-9-11-16(6,12-10-8-2)13-15(5)14(3)4/h15H,3,7-13H2,1-2,4-6H3. The first kappa shape index (κ1) is 16.1. The van der Waals surface area contributed by atoms with E-state index in [1.807, 2.05) is 0 Å². The van der Waals surface area contributed by atoms with Crippen LogP contribution in [-0.2, 0) is 0 Å². The van der Waals surface area contributed by atoms with E-state index in [2.05, 4.69) is 40.5 Å². The first-order valence-electron chi connectivity index (χ1n) is 6.82. The molecule has 16 heavy (non-hydrogen) atoms. The lowest BCUT2D eigenvalue weighted by Crippen LogP contribution is -2.18. The molecule has 0 amide bonds. The molecule has 0 aromatic rings. The number of unbranched alkanes of at least 4 members (excludes halogenated alkanes) is 2. The minimum atomic E-state index is -0.368. The third-order valence-electron chi connectivity index (χ3n) is 3.48. The zero-order valence-electron chi connectivity index (χ0n) is 12.1. The Morgan fingerprint density at radius 1 is 1.12 bits per heavy atom. The molecule has 1 atom stereocenters. The number of hydrogen-bond acceptors (Lipinski definition) is 0. The van der Waals surface area contributed by atoms with Gasteiger partial charge in [-0.05, 0) is 49.2 Å². The SMILES string of the molecule is C=C(C)C(C)CS(C)(CCCC)CCCC. The van der Waals surface area contributed by atoms with Gasteiger partial charge in [-0.25, -0.2) is 10.0 Å². The summed E-state index contributed by atoms with van der Waals surface area (Å²) < 4.78 is 0. The Hall–Kier alpha value is 0.0900. The highest BCUT2D eigenvalue weighted by Gasteiger charge is 2.20. The van der Waals surface area contributed by atoms with Gasteiger partial charge in [-0.15, -0.1) is 0 Å². The van der Waals surface area contributed by atoms with Crippen LogP contribution in [0.2, 0.25) is 0 Å². The van der Waals surface area contributed by atoms with Gasteiger partial charge >= 0.3 is 0 Å². The molecule has 0 radical (unpaired) electrons. The molecule has 0 saturated heterocycles. The Bertz CT molecular complexity index is 188. The predicted molar refractivity (Wildman–Crippen MR) is 81.9 cm³/mol. The Morgan fingerprint density at radius 2 is 1.56 bits per heavy atom. The van der Waals surface area contributed by atoms with Gasteiger partial charge in [-0.3, -0.25) is 0 Å². The zero-order valence-corrected chi connectivity index (χ0v) is 13.0. The van der Waals surface area contributed by atoms with E-state index < -0.39 is 0 Å². The third kappa shape index (κ3) is 6.62. The van der Waals surface area contributed by atoms with Crippen molar-refractivity contribution in [2.24, 2.45) is 5.92 Å². The summed E-state index contributed by atoms with van der Waals surface area (Å²) in [5.41, 5.74) is 1.37. The number of hydrogen-bond donors (Lipinski definition) is 0. The summed E-state index contributed by atoms with van der Waals surface area (Å²) in [7, 11) is -0.368. The molecular formula is C15H32S. The fraction of sp³-hybridized carbons (Fsp3) is 0.867. The van der Waals surface area contributed by atoms with Crippen LogP contribution in [-0.4, -0.2) is 23.5 Å². The first-order chi connectivity index (χ1) is 7.45. The van der Waals surface area contributed by atoms with Crippen molar-refractivity contribution in [1.29, 1.82) is 0 Å². The first-order valence-corrected chi connectivity index (χ1v) is 9.36. The fourth-order valence-corrected chi connectivity index (χ4v) is 6.00. The minimum Gasteiger partial charge on any atom is -0.243 e. The van der Waals surface area contributed by atoms with Gasteiger partial charge in [0, 0.05) is 0 Å². The van der Waals surface area contributed by atoms with E-state index >= 15 is 0 Å². The van der Waals surface area contributed by atoms with Crippen molar-refractivity contribution < 1.29 is 0 Å². The largest absolute Gasteiger partial charge is 0.243 e. The summed E-state index contributed by atoms with van der Waals surface area (Å²) in [6, 6.07) is 0. The molecule has 0 nitrogen and oxygen atoms in total. The summed E-state index contributed by atoms with van der Waals surface area (Å²) in [5, 5.41) is 0. The third-order valence-corrected chi connectivity index (χ3v) is 7.33. The summed E-state index contributed by atoms with van der Waals surface area (Å²) in [6.07, 6.45) is 8.08. The Labute approximate surface area is 105 Å². The summed E-state index contributed by atoms with van der Waals surface area (Å²) in [4.78, 5) is 0. The molecule has 0 fully saturated rings. The van der Waals surface area contributed by atoms with Crippen molar-refractivity contribution in [3.8, 4) is 0 Å².